The lowest BCUT2D eigenvalue weighted by Crippen LogP contribution is -2.14. The normalized spacial score (nSPS) is 22.7. The van der Waals surface area contributed by atoms with Crippen LogP contribution in [0.5, 0.6) is 5.88 Å². The predicted molar refractivity (Wildman–Crippen MR) is 105 cm³/mol. The second kappa shape index (κ2) is 6.45. The summed E-state index contributed by atoms with van der Waals surface area (Å²) in [6.45, 7) is 1.62. The van der Waals surface area contributed by atoms with Gasteiger partial charge in [0, 0.05) is 36.7 Å². The van der Waals surface area contributed by atoms with Crippen molar-refractivity contribution in [2.24, 2.45) is 17.0 Å². The Labute approximate surface area is 161 Å². The lowest BCUT2D eigenvalue weighted by Gasteiger charge is -2.11. The van der Waals surface area contributed by atoms with Crippen LogP contribution in [0.3, 0.4) is 0 Å². The number of aromatic nitrogens is 3. The number of nitrogens with one attached hydrogen (secondary N) is 4. The summed E-state index contributed by atoms with van der Waals surface area (Å²) in [7, 11) is 3.42. The first-order chi connectivity index (χ1) is 13.7. The van der Waals surface area contributed by atoms with E-state index < -0.39 is 0 Å². The Hall–Kier alpha value is -3.20. The van der Waals surface area contributed by atoms with Crippen LogP contribution in [0.4, 0.5) is 17.3 Å². The standard InChI is InChI=1S/C19H21N7O2/c1-21-14-5-9(3-4-13(14)26-20)10-6-22-17-15(10)18(27-2)25-19(24-17)23-16-11-7-28-8-12(11)16/h3-6,11-12,16,20-21H,7-8H2,1-2H3,(H2,22,23,24,25)/t11-,12+,16?. The van der Waals surface area contributed by atoms with Crippen LogP contribution in [-0.2, 0) is 4.74 Å². The number of hydrogen-bond donors (Lipinski definition) is 4. The summed E-state index contributed by atoms with van der Waals surface area (Å²) in [5, 5.41) is 10.9. The summed E-state index contributed by atoms with van der Waals surface area (Å²) in [4.78, 5) is 12.5. The van der Waals surface area contributed by atoms with E-state index in [0.717, 1.165) is 35.4 Å². The zero-order valence-corrected chi connectivity index (χ0v) is 15.6. The van der Waals surface area contributed by atoms with Crippen molar-refractivity contribution < 1.29 is 9.47 Å². The van der Waals surface area contributed by atoms with Crippen LogP contribution in [-0.4, -0.2) is 48.4 Å². The quantitative estimate of drug-likeness (QED) is 0.487. The van der Waals surface area contributed by atoms with Crippen molar-refractivity contribution in [1.29, 1.82) is 5.53 Å². The number of nitrogens with zero attached hydrogens (tertiary/aromatic N) is 3. The topological polar surface area (TPSA) is 120 Å². The molecule has 0 radical (unpaired) electrons. The molecule has 4 N–H and O–H groups in total. The number of H-pyrrole nitrogens is 1. The third kappa shape index (κ3) is 2.58. The maximum Gasteiger partial charge on any atom is 0.228 e. The van der Waals surface area contributed by atoms with E-state index in [1.807, 2.05) is 31.4 Å². The molecule has 1 aliphatic heterocycles. The summed E-state index contributed by atoms with van der Waals surface area (Å²) >= 11 is 0. The third-order valence-corrected chi connectivity index (χ3v) is 5.64. The van der Waals surface area contributed by atoms with Crippen LogP contribution >= 0.6 is 0 Å². The highest BCUT2D eigenvalue weighted by Gasteiger charge is 2.54. The van der Waals surface area contributed by atoms with E-state index in [2.05, 4.69) is 30.7 Å². The van der Waals surface area contributed by atoms with Gasteiger partial charge in [0.15, 0.2) is 0 Å². The molecule has 0 bridgehead atoms. The maximum absolute atomic E-state index is 7.28. The molecule has 3 atom stereocenters. The van der Waals surface area contributed by atoms with Crippen molar-refractivity contribution in [3.63, 3.8) is 0 Å². The molecule has 2 fully saturated rings. The maximum atomic E-state index is 7.28. The van der Waals surface area contributed by atoms with Gasteiger partial charge >= 0.3 is 0 Å². The minimum atomic E-state index is 0.379. The van der Waals surface area contributed by atoms with Gasteiger partial charge in [-0.3, -0.25) is 0 Å². The number of fused-ring (bicyclic) bond motifs is 2. The monoisotopic (exact) mass is 379 g/mol. The van der Waals surface area contributed by atoms with Gasteiger partial charge in [-0.25, -0.2) is 5.53 Å². The lowest BCUT2D eigenvalue weighted by atomic mass is 10.0. The number of hydrogen-bond acceptors (Lipinski definition) is 8. The van der Waals surface area contributed by atoms with Gasteiger partial charge < -0.3 is 25.1 Å². The largest absolute Gasteiger partial charge is 0.480 e. The van der Waals surface area contributed by atoms with Crippen LogP contribution in [0, 0.1) is 17.4 Å². The molecule has 1 aromatic carbocycles. The summed E-state index contributed by atoms with van der Waals surface area (Å²) in [5.41, 5.74) is 11.3. The molecule has 5 rings (SSSR count). The van der Waals surface area contributed by atoms with Gasteiger partial charge in [0.25, 0.3) is 0 Å². The molecule has 1 saturated carbocycles. The molecular formula is C19H21N7O2. The number of aromatic amines is 1. The molecule has 2 aliphatic rings. The van der Waals surface area contributed by atoms with Gasteiger partial charge in [0.05, 0.1) is 31.4 Å². The summed E-state index contributed by atoms with van der Waals surface area (Å²) < 4.78 is 11.0. The summed E-state index contributed by atoms with van der Waals surface area (Å²) in [6, 6.07) is 6.06. The van der Waals surface area contributed by atoms with Crippen molar-refractivity contribution >= 4 is 28.4 Å². The number of benzene rings is 1. The zero-order valence-electron chi connectivity index (χ0n) is 15.6. The van der Waals surface area contributed by atoms with Crippen LogP contribution in [0.15, 0.2) is 29.5 Å². The highest BCUT2D eigenvalue weighted by molar-refractivity contribution is 5.98. The molecule has 1 unspecified atom stereocenters. The average molecular weight is 379 g/mol. The smallest absolute Gasteiger partial charge is 0.228 e. The Morgan fingerprint density at radius 3 is 2.82 bits per heavy atom. The SMILES string of the molecule is CNc1cc(-c2c[nH]c3nc(NC4[C@H]5COC[C@@H]45)nc(OC)c23)ccc1N=N. The van der Waals surface area contributed by atoms with E-state index in [4.69, 9.17) is 15.0 Å². The Kier molecular flexibility index (Phi) is 3.90. The fourth-order valence-electron chi connectivity index (χ4n) is 4.04. The molecule has 2 aromatic heterocycles. The van der Waals surface area contributed by atoms with Crippen LogP contribution in [0.25, 0.3) is 22.2 Å². The number of anilines is 2. The van der Waals surface area contributed by atoms with Crippen LogP contribution < -0.4 is 15.4 Å². The summed E-state index contributed by atoms with van der Waals surface area (Å²) in [5.74, 6) is 2.21. The fraction of sp³-hybridized carbons (Fsp3) is 0.368. The Morgan fingerprint density at radius 2 is 2.11 bits per heavy atom. The second-order valence-electron chi connectivity index (χ2n) is 7.11. The minimum absolute atomic E-state index is 0.379. The fourth-order valence-corrected chi connectivity index (χ4v) is 4.04. The first kappa shape index (κ1) is 16.9. The molecule has 144 valence electrons. The van der Waals surface area contributed by atoms with E-state index in [1.165, 1.54) is 0 Å². The van der Waals surface area contributed by atoms with Crippen molar-refractivity contribution in [2.75, 3.05) is 38.0 Å². The van der Waals surface area contributed by atoms with E-state index in [-0.39, 0.29) is 0 Å². The molecule has 9 heteroatoms. The van der Waals surface area contributed by atoms with Gasteiger partial charge in [0.2, 0.25) is 11.8 Å². The molecule has 3 heterocycles. The molecular weight excluding hydrogens is 358 g/mol. The molecule has 1 aliphatic carbocycles. The van der Waals surface area contributed by atoms with E-state index >= 15 is 0 Å². The molecule has 0 amide bonds. The van der Waals surface area contributed by atoms with Crippen molar-refractivity contribution in [2.45, 2.75) is 6.04 Å². The molecule has 3 aromatic rings. The molecule has 9 nitrogen and oxygen atoms in total. The van der Waals surface area contributed by atoms with Gasteiger partial charge in [-0.2, -0.15) is 15.1 Å². The van der Waals surface area contributed by atoms with E-state index in [9.17, 15) is 0 Å². The molecule has 1 saturated heterocycles. The zero-order chi connectivity index (χ0) is 19.3. The lowest BCUT2D eigenvalue weighted by molar-refractivity contribution is 0.162. The van der Waals surface area contributed by atoms with Crippen molar-refractivity contribution in [3.8, 4) is 17.0 Å². The average Bonchev–Trinajstić information content (AvgIpc) is 3.10. The molecule has 0 spiro atoms. The van der Waals surface area contributed by atoms with Gasteiger partial charge in [-0.05, 0) is 17.7 Å². The first-order valence-corrected chi connectivity index (χ1v) is 9.20. The number of rotatable bonds is 6. The number of ether oxygens (including phenoxy) is 2. The second-order valence-corrected chi connectivity index (χ2v) is 7.11. The van der Waals surface area contributed by atoms with Gasteiger partial charge in [-0.15, -0.1) is 0 Å². The highest BCUT2D eigenvalue weighted by atomic mass is 16.5. The minimum Gasteiger partial charge on any atom is -0.480 e. The first-order valence-electron chi connectivity index (χ1n) is 9.20. The van der Waals surface area contributed by atoms with Gasteiger partial charge in [0.1, 0.15) is 11.3 Å². The Balaban J connectivity index is 1.53. The van der Waals surface area contributed by atoms with E-state index in [0.29, 0.717) is 41.0 Å². The summed E-state index contributed by atoms with van der Waals surface area (Å²) in [6.07, 6.45) is 1.90. The Morgan fingerprint density at radius 1 is 1.29 bits per heavy atom. The molecule has 28 heavy (non-hydrogen) atoms. The Bertz CT molecular complexity index is 1050. The van der Waals surface area contributed by atoms with Crippen LogP contribution in [0.1, 0.15) is 0 Å². The predicted octanol–water partition coefficient (Wildman–Crippen LogP) is 3.39. The number of methoxy groups -OCH3 is 1. The third-order valence-electron chi connectivity index (χ3n) is 5.64. The van der Waals surface area contributed by atoms with E-state index in [1.54, 1.807) is 7.11 Å². The van der Waals surface area contributed by atoms with Crippen LogP contribution in [0.2, 0.25) is 0 Å². The van der Waals surface area contributed by atoms with Gasteiger partial charge in [-0.1, -0.05) is 6.07 Å². The van der Waals surface area contributed by atoms with Crippen molar-refractivity contribution in [3.05, 3.63) is 24.4 Å². The van der Waals surface area contributed by atoms with Crippen molar-refractivity contribution in [1.82, 2.24) is 15.0 Å². The highest BCUT2D eigenvalue weighted by Crippen LogP contribution is 2.46.